The molecular weight excluding hydrogens is 627 g/mol. The quantitative estimate of drug-likeness (QED) is 0.209. The Morgan fingerprint density at radius 3 is 2.50 bits per heavy atom. The number of nitrogens with zero attached hydrogens (tertiary/aromatic N) is 5. The summed E-state index contributed by atoms with van der Waals surface area (Å²) in [6.07, 6.45) is 5.81. The molecule has 7 heteroatoms. The van der Waals surface area contributed by atoms with E-state index in [1.54, 1.807) is 6.20 Å². The van der Waals surface area contributed by atoms with E-state index in [4.69, 9.17) is 4.42 Å². The number of furan rings is 1. The number of hydrogen-bond donors (Lipinski definition) is 0. The zero-order chi connectivity index (χ0) is 23.8. The van der Waals surface area contributed by atoms with Gasteiger partial charge in [0.2, 0.25) is 0 Å². The number of pyridine rings is 1. The fourth-order valence-electron chi connectivity index (χ4n) is 4.30. The molecule has 0 N–H and O–H groups in total. The van der Waals surface area contributed by atoms with Crippen molar-refractivity contribution in [3.05, 3.63) is 117 Å². The molecule has 7 rings (SSSR count). The minimum absolute atomic E-state index is 0. The van der Waals surface area contributed by atoms with Crippen LogP contribution in [0.4, 0.5) is 22.9 Å². The Hall–Kier alpha value is -3.80. The summed E-state index contributed by atoms with van der Waals surface area (Å²) in [5, 5.41) is 2.21. The molecule has 2 aromatic heterocycles. The number of rotatable bonds is 2. The summed E-state index contributed by atoms with van der Waals surface area (Å²) in [6.45, 7) is 4.02. The first-order valence-corrected chi connectivity index (χ1v) is 11.3. The second kappa shape index (κ2) is 10.1. The Labute approximate surface area is 224 Å². The summed E-state index contributed by atoms with van der Waals surface area (Å²) in [4.78, 5) is 12.6. The number of aromatic nitrogens is 1. The predicted octanol–water partition coefficient (Wildman–Crippen LogP) is 6.31. The Morgan fingerprint density at radius 1 is 0.833 bits per heavy atom. The van der Waals surface area contributed by atoms with Gasteiger partial charge < -0.3 is 24.0 Å². The number of benzene rings is 3. The van der Waals surface area contributed by atoms with Crippen molar-refractivity contribution in [2.45, 2.75) is 0 Å². The van der Waals surface area contributed by atoms with Crippen molar-refractivity contribution >= 4 is 44.8 Å². The van der Waals surface area contributed by atoms with E-state index in [0.717, 1.165) is 44.8 Å². The largest absolute Gasteiger partial charge is 0.514 e. The summed E-state index contributed by atoms with van der Waals surface area (Å²) in [5.74, 6) is 0.888. The van der Waals surface area contributed by atoms with Gasteiger partial charge in [0, 0.05) is 43.0 Å². The molecule has 183 valence electrons. The molecule has 5 aromatic rings. The van der Waals surface area contributed by atoms with Crippen LogP contribution in [0, 0.1) is 25.5 Å². The molecule has 0 spiro atoms. The van der Waals surface area contributed by atoms with E-state index in [0.29, 0.717) is 0 Å². The van der Waals surface area contributed by atoms with Gasteiger partial charge in [0.25, 0.3) is 0 Å². The zero-order valence-corrected chi connectivity index (χ0v) is 22.2. The number of hydrogen-bond acceptors (Lipinski definition) is 6. The van der Waals surface area contributed by atoms with Gasteiger partial charge in [0.05, 0.1) is 0 Å². The van der Waals surface area contributed by atoms with Crippen LogP contribution in [0.2, 0.25) is 0 Å². The average Bonchev–Trinajstić information content (AvgIpc) is 3.60. The monoisotopic (exact) mass is 650 g/mol. The van der Waals surface area contributed by atoms with Crippen molar-refractivity contribution in [1.29, 1.82) is 0 Å². The summed E-state index contributed by atoms with van der Waals surface area (Å²) in [7, 11) is 4.01. The molecule has 0 unspecified atom stereocenters. The van der Waals surface area contributed by atoms with E-state index in [2.05, 4.69) is 34.1 Å². The Bertz CT molecular complexity index is 1520. The molecular formula is C29H23IrN5O-4. The first-order chi connectivity index (χ1) is 17.2. The molecule has 1 radical (unpaired) electrons. The van der Waals surface area contributed by atoms with Crippen molar-refractivity contribution < 1.29 is 24.5 Å². The first-order valence-electron chi connectivity index (χ1n) is 11.3. The normalized spacial score (nSPS) is 14.2. The van der Waals surface area contributed by atoms with Gasteiger partial charge in [-0.2, -0.15) is 61.9 Å². The van der Waals surface area contributed by atoms with Crippen LogP contribution in [0.5, 0.6) is 0 Å². The van der Waals surface area contributed by atoms with Crippen LogP contribution in [0.15, 0.2) is 95.8 Å². The van der Waals surface area contributed by atoms with Gasteiger partial charge in [-0.05, 0) is 44.7 Å². The van der Waals surface area contributed by atoms with Gasteiger partial charge >= 0.3 is 0 Å². The van der Waals surface area contributed by atoms with Crippen molar-refractivity contribution in [3.8, 4) is 0 Å². The third-order valence-corrected chi connectivity index (χ3v) is 5.96. The van der Waals surface area contributed by atoms with E-state index in [9.17, 15) is 0 Å². The van der Waals surface area contributed by atoms with E-state index in [1.165, 1.54) is 0 Å². The fourth-order valence-corrected chi connectivity index (χ4v) is 4.30. The summed E-state index contributed by atoms with van der Waals surface area (Å²) in [6, 6.07) is 30.4. The van der Waals surface area contributed by atoms with Crippen LogP contribution < -0.4 is 14.7 Å². The van der Waals surface area contributed by atoms with E-state index in [-0.39, 0.29) is 20.1 Å². The van der Waals surface area contributed by atoms with E-state index in [1.807, 2.05) is 115 Å². The second-order valence-electron chi connectivity index (χ2n) is 8.34. The van der Waals surface area contributed by atoms with Crippen LogP contribution in [-0.2, 0) is 20.1 Å². The fraction of sp³-hybridized carbons (Fsp3) is 0.0690. The number of para-hydroxylation sites is 2. The minimum atomic E-state index is 0. The third-order valence-electron chi connectivity index (χ3n) is 5.96. The summed E-state index contributed by atoms with van der Waals surface area (Å²) < 4.78 is 6.11. The minimum Gasteiger partial charge on any atom is -0.514 e. The predicted molar refractivity (Wildman–Crippen MR) is 141 cm³/mol. The van der Waals surface area contributed by atoms with Crippen LogP contribution in [0.25, 0.3) is 21.9 Å². The third kappa shape index (κ3) is 4.32. The Morgan fingerprint density at radius 2 is 1.69 bits per heavy atom. The van der Waals surface area contributed by atoms with E-state index < -0.39 is 0 Å². The van der Waals surface area contributed by atoms with Crippen molar-refractivity contribution in [3.63, 3.8) is 0 Å². The molecule has 2 aliphatic heterocycles. The molecule has 0 bridgehead atoms. The molecule has 2 aliphatic rings. The molecule has 3 aromatic carbocycles. The first kappa shape index (κ1) is 23.9. The number of anilines is 4. The van der Waals surface area contributed by atoms with Gasteiger partial charge in [-0.25, -0.2) is 4.98 Å². The second-order valence-corrected chi connectivity index (χ2v) is 8.34. The molecule has 36 heavy (non-hydrogen) atoms. The summed E-state index contributed by atoms with van der Waals surface area (Å²) >= 11 is 0. The maximum absolute atomic E-state index is 6.11. The van der Waals surface area contributed by atoms with Crippen LogP contribution in [0.1, 0.15) is 0 Å². The Kier molecular flexibility index (Phi) is 6.68. The number of fused-ring (bicyclic) bond motifs is 4. The molecule has 0 aliphatic carbocycles. The van der Waals surface area contributed by atoms with Crippen LogP contribution in [0.3, 0.4) is 0 Å². The van der Waals surface area contributed by atoms with E-state index >= 15 is 0 Å². The SMILES string of the molecule is CN1C=CN(c2[c-]cccc2)[CH-]1.CN1[CH-]N(c2[c-]ccc3c2oc2ccccc23)c2ncccc21.[Ir]. The van der Waals surface area contributed by atoms with Crippen molar-refractivity contribution in [1.82, 2.24) is 9.88 Å². The van der Waals surface area contributed by atoms with Gasteiger partial charge in [-0.3, -0.25) is 0 Å². The van der Waals surface area contributed by atoms with Gasteiger partial charge in [-0.1, -0.05) is 29.3 Å². The maximum atomic E-state index is 6.11. The standard InChI is InChI=1S/C19H13N3O.C10H10N2.Ir/c1-21-12-22(19-16(21)9-5-11-20-19)15-8-4-7-14-13-6-2-3-10-17(13)23-18(14)15;1-11-7-8-12(9-11)10-5-3-2-4-6-10;/h2-7,9-12H,1H3;2-5,7-9H,1H3;/q2*-2;. The van der Waals surface area contributed by atoms with Crippen molar-refractivity contribution in [2.75, 3.05) is 28.8 Å². The van der Waals surface area contributed by atoms with Gasteiger partial charge in [0.15, 0.2) is 0 Å². The van der Waals surface area contributed by atoms with Gasteiger partial charge in [-0.15, -0.1) is 5.69 Å². The van der Waals surface area contributed by atoms with Crippen LogP contribution in [-0.4, -0.2) is 24.0 Å². The maximum Gasteiger partial charge on any atom is 0.124 e. The Balaban J connectivity index is 0.000000175. The van der Waals surface area contributed by atoms with Crippen LogP contribution >= 0.6 is 0 Å². The molecule has 0 saturated carbocycles. The topological polar surface area (TPSA) is 39.0 Å². The smallest absolute Gasteiger partial charge is 0.124 e. The molecule has 4 heterocycles. The summed E-state index contributed by atoms with van der Waals surface area (Å²) in [5.41, 5.74) is 4.73. The molecule has 6 nitrogen and oxygen atoms in total. The molecule has 0 atom stereocenters. The average molecular weight is 650 g/mol. The molecule has 0 amide bonds. The molecule has 0 saturated heterocycles. The molecule has 0 fully saturated rings. The zero-order valence-electron chi connectivity index (χ0n) is 19.8. The van der Waals surface area contributed by atoms with Gasteiger partial charge in [0.1, 0.15) is 11.4 Å². The van der Waals surface area contributed by atoms with Crippen molar-refractivity contribution in [2.24, 2.45) is 0 Å².